The predicted molar refractivity (Wildman–Crippen MR) is 55.9 cm³/mol. The Morgan fingerprint density at radius 2 is 0.941 bits per heavy atom. The molecule has 0 amide bonds. The molecule has 0 aromatic heterocycles. The first-order valence-electron chi connectivity index (χ1n) is 4.64. The minimum Gasteiger partial charge on any atom is -0.849 e. The van der Waals surface area contributed by atoms with E-state index in [1.54, 1.807) is 0 Å². The van der Waals surface area contributed by atoms with Crippen LogP contribution in [0.1, 0.15) is 13.8 Å². The monoisotopic (exact) mass is 264 g/mol. The van der Waals surface area contributed by atoms with E-state index in [0.717, 1.165) is 0 Å². The minimum absolute atomic E-state index is 0. The summed E-state index contributed by atoms with van der Waals surface area (Å²) in [6, 6.07) is 0. The molecular formula is C14H8FeO2. The molecular weight excluding hydrogens is 256 g/mol. The maximum Gasteiger partial charge on any atom is 2.00 e. The first-order chi connectivity index (χ1) is 7.61. The molecule has 0 aliphatic heterocycles. The molecule has 0 N–H and O–H groups in total. The number of hydrogen-bond donors (Lipinski definition) is 0. The van der Waals surface area contributed by atoms with E-state index in [9.17, 15) is 10.2 Å². The average Bonchev–Trinajstić information content (AvgIpc) is 2.93. The predicted octanol–water partition coefficient (Wildman–Crippen LogP) is -0.932. The second-order valence-electron chi connectivity index (χ2n) is 3.16. The molecule has 0 spiro atoms. The zero-order chi connectivity index (χ0) is 12.0. The van der Waals surface area contributed by atoms with Crippen LogP contribution < -0.4 is 10.2 Å². The smallest absolute Gasteiger partial charge is 0.849 e. The van der Waals surface area contributed by atoms with Crippen molar-refractivity contribution in [3.05, 3.63) is 12.2 Å². The van der Waals surface area contributed by atoms with Gasteiger partial charge in [-0.3, -0.25) is 0 Å². The van der Waals surface area contributed by atoms with Crippen molar-refractivity contribution < 1.29 is 27.3 Å². The molecule has 0 saturated heterocycles. The normalized spacial score (nSPS) is 14.0. The molecule has 0 fully saturated rings. The van der Waals surface area contributed by atoms with Crippen LogP contribution in [0.2, 0.25) is 0 Å². The van der Waals surface area contributed by atoms with Crippen molar-refractivity contribution in [2.75, 3.05) is 0 Å². The van der Waals surface area contributed by atoms with E-state index < -0.39 is 0 Å². The number of hydrogen-bond acceptors (Lipinski definition) is 2. The van der Waals surface area contributed by atoms with Gasteiger partial charge < -0.3 is 10.2 Å². The third-order valence-electron chi connectivity index (χ3n) is 1.80. The van der Waals surface area contributed by atoms with Gasteiger partial charge in [0.1, 0.15) is 0 Å². The third-order valence-corrected chi connectivity index (χ3v) is 1.80. The molecule has 0 atom stereocenters. The summed E-state index contributed by atoms with van der Waals surface area (Å²) in [6.07, 6.45) is 0.0880. The molecule has 0 saturated carbocycles. The molecule has 2 radical (unpaired) electrons. The number of rotatable bonds is 2. The summed E-state index contributed by atoms with van der Waals surface area (Å²) in [4.78, 5) is 0. The summed E-state index contributed by atoms with van der Waals surface area (Å²) in [7, 11) is 0. The summed E-state index contributed by atoms with van der Waals surface area (Å²) in [5.74, 6) is 20.0. The van der Waals surface area contributed by atoms with Gasteiger partial charge in [0.25, 0.3) is 0 Å². The van der Waals surface area contributed by atoms with Crippen LogP contribution in [0.3, 0.4) is 0 Å². The minimum atomic E-state index is -0.296. The summed E-state index contributed by atoms with van der Waals surface area (Å²) < 4.78 is 0. The molecule has 3 heteroatoms. The van der Waals surface area contributed by atoms with Gasteiger partial charge in [-0.25, -0.2) is 0 Å². The Morgan fingerprint density at radius 3 is 1.06 bits per heavy atom. The fraction of sp³-hybridized carbons (Fsp3) is 0.286. The first kappa shape index (κ1) is 15.7. The van der Waals surface area contributed by atoms with Gasteiger partial charge >= 0.3 is 17.1 Å². The molecule has 0 bridgehead atoms. The van der Waals surface area contributed by atoms with E-state index >= 15 is 0 Å². The van der Waals surface area contributed by atoms with E-state index in [1.807, 2.05) is 0 Å². The summed E-state index contributed by atoms with van der Waals surface area (Å²) in [6.45, 7) is 3.00. The van der Waals surface area contributed by atoms with Gasteiger partial charge in [0.2, 0.25) is 0 Å². The van der Waals surface area contributed by atoms with Crippen LogP contribution in [-0.4, -0.2) is 0 Å². The van der Waals surface area contributed by atoms with Crippen molar-refractivity contribution in [3.8, 4) is 47.4 Å². The van der Waals surface area contributed by atoms with Crippen LogP contribution in [0.25, 0.3) is 0 Å². The van der Waals surface area contributed by atoms with Gasteiger partial charge in [0.15, 0.2) is 0 Å². The maximum atomic E-state index is 10.4. The molecule has 0 unspecified atom stereocenters. The molecule has 2 rings (SSSR count). The van der Waals surface area contributed by atoms with Crippen LogP contribution in [-0.2, 0) is 17.1 Å². The Bertz CT molecular complexity index is 401. The van der Waals surface area contributed by atoms with E-state index in [1.165, 1.54) is 13.8 Å². The van der Waals surface area contributed by atoms with Crippen LogP contribution in [0.15, 0.2) is 0 Å². The van der Waals surface area contributed by atoms with Gasteiger partial charge in [-0.05, 0) is 23.7 Å². The van der Waals surface area contributed by atoms with Gasteiger partial charge in [-0.15, -0.1) is 0 Å². The molecule has 84 valence electrons. The summed E-state index contributed by atoms with van der Waals surface area (Å²) in [5.41, 5.74) is 0. The molecule has 0 heterocycles. The van der Waals surface area contributed by atoms with E-state index in [0.29, 0.717) is 0 Å². The van der Waals surface area contributed by atoms with Crippen molar-refractivity contribution in [3.63, 3.8) is 0 Å². The maximum absolute atomic E-state index is 10.4. The van der Waals surface area contributed by atoms with E-state index in [-0.39, 0.29) is 41.1 Å². The molecule has 17 heavy (non-hydrogen) atoms. The van der Waals surface area contributed by atoms with Gasteiger partial charge in [0, 0.05) is 0 Å². The van der Waals surface area contributed by atoms with Gasteiger partial charge in [0.05, 0.1) is 11.8 Å². The zero-order valence-corrected chi connectivity index (χ0v) is 10.4. The molecule has 0 aromatic carbocycles. The Kier molecular flexibility index (Phi) is 7.26. The van der Waals surface area contributed by atoms with Crippen LogP contribution >= 0.6 is 0 Å². The second-order valence-corrected chi connectivity index (χ2v) is 3.16. The zero-order valence-electron chi connectivity index (χ0n) is 9.32. The average molecular weight is 264 g/mol. The fourth-order valence-corrected chi connectivity index (χ4v) is 0.912. The molecule has 0 aromatic rings. The largest absolute Gasteiger partial charge is 2.00 e. The van der Waals surface area contributed by atoms with Crippen molar-refractivity contribution in [2.45, 2.75) is 13.8 Å². The Hall–Kier alpha value is -1.32. The van der Waals surface area contributed by atoms with Crippen molar-refractivity contribution in [1.29, 1.82) is 0 Å². The van der Waals surface area contributed by atoms with Crippen molar-refractivity contribution in [1.82, 2.24) is 0 Å². The Morgan fingerprint density at radius 1 is 0.706 bits per heavy atom. The van der Waals surface area contributed by atoms with Gasteiger partial charge in [-0.2, -0.15) is 0 Å². The Balaban J connectivity index is 0.000000284. The fourth-order valence-electron chi connectivity index (χ4n) is 0.912. The summed E-state index contributed by atoms with van der Waals surface area (Å²) >= 11 is 0. The molecule has 2 nitrogen and oxygen atoms in total. The van der Waals surface area contributed by atoms with Crippen molar-refractivity contribution in [2.24, 2.45) is 11.8 Å². The Labute approximate surface area is 113 Å². The van der Waals surface area contributed by atoms with Gasteiger partial charge in [-0.1, -0.05) is 49.7 Å². The second kappa shape index (κ2) is 7.87. The third kappa shape index (κ3) is 5.52. The topological polar surface area (TPSA) is 46.1 Å². The molecule has 2 aliphatic rings. The van der Waals surface area contributed by atoms with Crippen molar-refractivity contribution >= 4 is 0 Å². The van der Waals surface area contributed by atoms with Crippen LogP contribution in [0, 0.1) is 71.4 Å². The quantitative estimate of drug-likeness (QED) is 0.477. The molecule has 2 aliphatic carbocycles. The first-order valence-corrected chi connectivity index (χ1v) is 4.64. The van der Waals surface area contributed by atoms with Crippen LogP contribution in [0.5, 0.6) is 0 Å². The SMILES string of the molecule is C[C]([O-])C1C#CC#C1.C[C]([O-])C1C#CC#C1.[Fe+2]. The van der Waals surface area contributed by atoms with E-state index in [2.05, 4.69) is 47.4 Å². The van der Waals surface area contributed by atoms with Crippen LogP contribution in [0.4, 0.5) is 0 Å². The summed E-state index contributed by atoms with van der Waals surface area (Å²) in [5, 5.41) is 20.9. The standard InChI is InChI=1S/2C7H4O.Fe/c2*1-6(8)7-4-2-3-5-7;/h2*7H,1H3;/q2*-1;+2. The van der Waals surface area contributed by atoms with E-state index in [4.69, 9.17) is 0 Å².